The summed E-state index contributed by atoms with van der Waals surface area (Å²) in [6.07, 6.45) is 0. The van der Waals surface area contributed by atoms with E-state index >= 15 is 0 Å². The van der Waals surface area contributed by atoms with Crippen molar-refractivity contribution in [1.29, 1.82) is 0 Å². The molecule has 0 bridgehead atoms. The SMILES string of the molecule is Cc1ccc(C(C)NC(=O)c2ccc(Cl)c(I)c2)o1. The summed E-state index contributed by atoms with van der Waals surface area (Å²) >= 11 is 8.04. The summed E-state index contributed by atoms with van der Waals surface area (Å²) in [6, 6.07) is 8.77. The molecule has 0 saturated heterocycles. The second-order valence-electron chi connectivity index (χ2n) is 4.27. The summed E-state index contributed by atoms with van der Waals surface area (Å²) in [5, 5.41) is 3.54. The van der Waals surface area contributed by atoms with E-state index in [9.17, 15) is 4.79 Å². The van der Waals surface area contributed by atoms with Crippen molar-refractivity contribution >= 4 is 40.1 Å². The number of benzene rings is 1. The highest BCUT2D eigenvalue weighted by Crippen LogP contribution is 2.20. The van der Waals surface area contributed by atoms with Gasteiger partial charge < -0.3 is 9.73 Å². The predicted molar refractivity (Wildman–Crippen MR) is 83.5 cm³/mol. The highest BCUT2D eigenvalue weighted by Gasteiger charge is 2.14. The highest BCUT2D eigenvalue weighted by atomic mass is 127. The van der Waals surface area contributed by atoms with Crippen molar-refractivity contribution in [2.24, 2.45) is 0 Å². The lowest BCUT2D eigenvalue weighted by atomic mass is 10.2. The molecule has 2 rings (SSSR count). The molecule has 3 nitrogen and oxygen atoms in total. The van der Waals surface area contributed by atoms with E-state index in [-0.39, 0.29) is 11.9 Å². The van der Waals surface area contributed by atoms with Crippen molar-refractivity contribution in [3.8, 4) is 0 Å². The molecule has 100 valence electrons. The van der Waals surface area contributed by atoms with E-state index in [0.29, 0.717) is 10.6 Å². The maximum Gasteiger partial charge on any atom is 0.251 e. The molecule has 1 amide bonds. The zero-order valence-electron chi connectivity index (χ0n) is 10.5. The molecule has 1 heterocycles. The Morgan fingerprint density at radius 1 is 1.37 bits per heavy atom. The Kier molecular flexibility index (Phi) is 4.52. The van der Waals surface area contributed by atoms with Gasteiger partial charge in [0.15, 0.2) is 0 Å². The monoisotopic (exact) mass is 389 g/mol. The first kappa shape index (κ1) is 14.4. The molecule has 0 aliphatic heterocycles. The van der Waals surface area contributed by atoms with Crippen molar-refractivity contribution in [2.45, 2.75) is 19.9 Å². The van der Waals surface area contributed by atoms with Crippen LogP contribution in [0.15, 0.2) is 34.7 Å². The molecule has 2 aromatic rings. The zero-order chi connectivity index (χ0) is 14.0. The van der Waals surface area contributed by atoms with Gasteiger partial charge in [0.1, 0.15) is 11.5 Å². The normalized spacial score (nSPS) is 12.2. The summed E-state index contributed by atoms with van der Waals surface area (Å²) in [7, 11) is 0. The number of carbonyl (C=O) groups is 1. The van der Waals surface area contributed by atoms with E-state index in [1.165, 1.54) is 0 Å². The van der Waals surface area contributed by atoms with Crippen LogP contribution in [0.5, 0.6) is 0 Å². The number of rotatable bonds is 3. The average molecular weight is 390 g/mol. The molecule has 1 N–H and O–H groups in total. The third-order valence-electron chi connectivity index (χ3n) is 2.72. The quantitative estimate of drug-likeness (QED) is 0.794. The average Bonchev–Trinajstić information content (AvgIpc) is 2.79. The lowest BCUT2D eigenvalue weighted by Gasteiger charge is -2.12. The third-order valence-corrected chi connectivity index (χ3v) is 4.26. The highest BCUT2D eigenvalue weighted by molar-refractivity contribution is 14.1. The second kappa shape index (κ2) is 5.96. The van der Waals surface area contributed by atoms with Crippen LogP contribution in [0.25, 0.3) is 0 Å². The van der Waals surface area contributed by atoms with Gasteiger partial charge in [-0.2, -0.15) is 0 Å². The van der Waals surface area contributed by atoms with Gasteiger partial charge in [0.05, 0.1) is 11.1 Å². The van der Waals surface area contributed by atoms with Crippen LogP contribution < -0.4 is 5.32 Å². The molecule has 0 aliphatic rings. The molecule has 5 heteroatoms. The van der Waals surface area contributed by atoms with Crippen molar-refractivity contribution in [3.05, 3.63) is 56.0 Å². The van der Waals surface area contributed by atoms with Gasteiger partial charge in [-0.1, -0.05) is 11.6 Å². The fourth-order valence-electron chi connectivity index (χ4n) is 1.67. The van der Waals surface area contributed by atoms with Gasteiger partial charge in [-0.25, -0.2) is 0 Å². The Balaban J connectivity index is 2.10. The third kappa shape index (κ3) is 3.51. The first-order chi connectivity index (χ1) is 8.97. The summed E-state index contributed by atoms with van der Waals surface area (Å²) in [5.41, 5.74) is 0.587. The first-order valence-corrected chi connectivity index (χ1v) is 7.25. The van der Waals surface area contributed by atoms with Crippen LogP contribution in [0, 0.1) is 10.5 Å². The van der Waals surface area contributed by atoms with Gasteiger partial charge in [-0.15, -0.1) is 0 Å². The molecule has 0 saturated carbocycles. The smallest absolute Gasteiger partial charge is 0.251 e. The summed E-state index contributed by atoms with van der Waals surface area (Å²) in [5.74, 6) is 1.43. The van der Waals surface area contributed by atoms with Crippen LogP contribution in [0.3, 0.4) is 0 Å². The molecule has 0 spiro atoms. The molecule has 1 atom stereocenters. The fourth-order valence-corrected chi connectivity index (χ4v) is 2.31. The van der Waals surface area contributed by atoms with E-state index in [1.54, 1.807) is 18.2 Å². The van der Waals surface area contributed by atoms with Crippen LogP contribution in [0.1, 0.15) is 34.8 Å². The molecule has 0 radical (unpaired) electrons. The molecule has 19 heavy (non-hydrogen) atoms. The minimum absolute atomic E-state index is 0.142. The van der Waals surface area contributed by atoms with Gasteiger partial charge in [0, 0.05) is 9.13 Å². The Morgan fingerprint density at radius 2 is 2.11 bits per heavy atom. The van der Waals surface area contributed by atoms with Gasteiger partial charge in [0.25, 0.3) is 5.91 Å². The Labute approximate surface area is 130 Å². The minimum Gasteiger partial charge on any atom is -0.464 e. The second-order valence-corrected chi connectivity index (χ2v) is 5.84. The van der Waals surface area contributed by atoms with Gasteiger partial charge in [0.2, 0.25) is 0 Å². The standard InChI is InChI=1S/C14H13ClINO2/c1-8-3-6-13(19-8)9(2)17-14(18)10-4-5-11(15)12(16)7-10/h3-7,9H,1-2H3,(H,17,18). The molecule has 1 aromatic heterocycles. The van der Waals surface area contributed by atoms with Crippen LogP contribution in [-0.2, 0) is 0 Å². The molecule has 0 fully saturated rings. The number of nitrogens with one attached hydrogen (secondary N) is 1. The first-order valence-electron chi connectivity index (χ1n) is 5.79. The summed E-state index contributed by atoms with van der Waals surface area (Å²) < 4.78 is 6.34. The lowest BCUT2D eigenvalue weighted by Crippen LogP contribution is -2.26. The predicted octanol–water partition coefficient (Wildman–Crippen LogP) is 4.34. The van der Waals surface area contributed by atoms with Crippen LogP contribution in [0.2, 0.25) is 5.02 Å². The Hall–Kier alpha value is -1.01. The van der Waals surface area contributed by atoms with Crippen LogP contribution >= 0.6 is 34.2 Å². The Morgan fingerprint density at radius 3 is 2.68 bits per heavy atom. The molecular weight excluding hydrogens is 377 g/mol. The summed E-state index contributed by atoms with van der Waals surface area (Å²) in [4.78, 5) is 12.1. The van der Waals surface area contributed by atoms with E-state index in [4.69, 9.17) is 16.0 Å². The maximum absolute atomic E-state index is 12.1. The number of hydrogen-bond donors (Lipinski definition) is 1. The van der Waals surface area contributed by atoms with Gasteiger partial charge in [-0.3, -0.25) is 4.79 Å². The number of amides is 1. The summed E-state index contributed by atoms with van der Waals surface area (Å²) in [6.45, 7) is 3.76. The number of hydrogen-bond acceptors (Lipinski definition) is 2. The molecule has 0 aliphatic carbocycles. The van der Waals surface area contributed by atoms with Crippen LogP contribution in [0.4, 0.5) is 0 Å². The topological polar surface area (TPSA) is 42.2 Å². The number of aryl methyl sites for hydroxylation is 1. The van der Waals surface area contributed by atoms with Crippen molar-refractivity contribution in [2.75, 3.05) is 0 Å². The lowest BCUT2D eigenvalue weighted by molar-refractivity contribution is 0.0935. The molecule has 1 aromatic carbocycles. The van der Waals surface area contributed by atoms with Crippen molar-refractivity contribution in [3.63, 3.8) is 0 Å². The van der Waals surface area contributed by atoms with Crippen molar-refractivity contribution < 1.29 is 9.21 Å². The van der Waals surface area contributed by atoms with Crippen molar-refractivity contribution in [1.82, 2.24) is 5.32 Å². The minimum atomic E-state index is -0.172. The number of halogens is 2. The van der Waals surface area contributed by atoms with Gasteiger partial charge >= 0.3 is 0 Å². The van der Waals surface area contributed by atoms with E-state index < -0.39 is 0 Å². The zero-order valence-corrected chi connectivity index (χ0v) is 13.4. The Bertz CT molecular complexity index is 609. The van der Waals surface area contributed by atoms with Crippen LogP contribution in [-0.4, -0.2) is 5.91 Å². The van der Waals surface area contributed by atoms with E-state index in [1.807, 2.05) is 26.0 Å². The molecule has 1 unspecified atom stereocenters. The largest absolute Gasteiger partial charge is 0.464 e. The maximum atomic E-state index is 12.1. The van der Waals surface area contributed by atoms with Gasteiger partial charge in [-0.05, 0) is 66.8 Å². The van der Waals surface area contributed by atoms with E-state index in [0.717, 1.165) is 15.1 Å². The molecular formula is C14H13ClINO2. The number of carbonyl (C=O) groups excluding carboxylic acids is 1. The van der Waals surface area contributed by atoms with E-state index in [2.05, 4.69) is 27.9 Å². The number of furan rings is 1. The fraction of sp³-hybridized carbons (Fsp3) is 0.214.